The van der Waals surface area contributed by atoms with Gasteiger partial charge in [0.15, 0.2) is 6.61 Å². The number of rotatable bonds is 7. The first kappa shape index (κ1) is 18.1. The topological polar surface area (TPSA) is 29.5 Å². The summed E-state index contributed by atoms with van der Waals surface area (Å²) in [5.74, 6) is 1.20. The zero-order chi connectivity index (χ0) is 17.5. The maximum atomic E-state index is 12.5. The Balaban J connectivity index is 2.01. The number of nitrogens with zero attached hydrogens (tertiary/aromatic N) is 1. The van der Waals surface area contributed by atoms with Gasteiger partial charge in [-0.3, -0.25) is 4.79 Å². The molecule has 2 aromatic rings. The van der Waals surface area contributed by atoms with Crippen LogP contribution in [0.25, 0.3) is 0 Å². The van der Waals surface area contributed by atoms with Gasteiger partial charge in [-0.15, -0.1) is 0 Å². The minimum absolute atomic E-state index is 0.0205. The second-order valence-corrected chi connectivity index (χ2v) is 6.23. The first-order valence-corrected chi connectivity index (χ1v) is 8.56. The van der Waals surface area contributed by atoms with Crippen LogP contribution in [0, 0.1) is 0 Å². The molecule has 2 rings (SSSR count). The third kappa shape index (κ3) is 4.38. The average molecular weight is 325 g/mol. The van der Waals surface area contributed by atoms with Crippen molar-refractivity contribution < 1.29 is 9.53 Å². The summed E-state index contributed by atoms with van der Waals surface area (Å²) in [6, 6.07) is 18.0. The summed E-state index contributed by atoms with van der Waals surface area (Å²) in [4.78, 5) is 14.2. The van der Waals surface area contributed by atoms with Crippen LogP contribution < -0.4 is 4.74 Å². The molecule has 0 aliphatic carbocycles. The van der Waals surface area contributed by atoms with E-state index < -0.39 is 0 Å². The highest BCUT2D eigenvalue weighted by Gasteiger charge is 2.18. The number of amides is 1. The fraction of sp³-hybridized carbons (Fsp3) is 0.381. The first-order chi connectivity index (χ1) is 11.5. The predicted octanol–water partition coefficient (Wildman–Crippen LogP) is 4.80. The fourth-order valence-corrected chi connectivity index (χ4v) is 2.65. The maximum absolute atomic E-state index is 12.5. The lowest BCUT2D eigenvalue weighted by molar-refractivity contribution is -0.134. The van der Waals surface area contributed by atoms with E-state index >= 15 is 0 Å². The summed E-state index contributed by atoms with van der Waals surface area (Å²) in [6.07, 6.45) is 1.04. The molecule has 0 spiro atoms. The number of benzene rings is 2. The minimum Gasteiger partial charge on any atom is -0.483 e. The quantitative estimate of drug-likeness (QED) is 0.732. The van der Waals surface area contributed by atoms with E-state index in [0.29, 0.717) is 5.92 Å². The number of carbonyl (C=O) groups excluding carboxylic acids is 1. The summed E-state index contributed by atoms with van der Waals surface area (Å²) in [7, 11) is 1.82. The fourth-order valence-electron chi connectivity index (χ4n) is 2.65. The van der Waals surface area contributed by atoms with E-state index in [9.17, 15) is 4.79 Å². The molecule has 1 amide bonds. The third-order valence-corrected chi connectivity index (χ3v) is 4.67. The number of likely N-dealkylation sites (N-methyl/N-ethyl adjacent to an activating group) is 1. The molecule has 0 fully saturated rings. The van der Waals surface area contributed by atoms with Crippen LogP contribution >= 0.6 is 0 Å². The molecular formula is C21H27NO2. The first-order valence-electron chi connectivity index (χ1n) is 8.56. The molecule has 2 aromatic carbocycles. The van der Waals surface area contributed by atoms with E-state index in [1.807, 2.05) is 62.5 Å². The summed E-state index contributed by atoms with van der Waals surface area (Å²) in [6.45, 7) is 6.41. The molecule has 0 radical (unpaired) electrons. The normalized spacial score (nSPS) is 13.2. The molecule has 0 aliphatic rings. The Morgan fingerprint density at radius 1 is 1.04 bits per heavy atom. The minimum atomic E-state index is -0.0229. The lowest BCUT2D eigenvalue weighted by Crippen LogP contribution is -2.33. The highest BCUT2D eigenvalue weighted by atomic mass is 16.5. The van der Waals surface area contributed by atoms with Crippen LogP contribution in [0.2, 0.25) is 0 Å². The van der Waals surface area contributed by atoms with Gasteiger partial charge in [0, 0.05) is 7.05 Å². The van der Waals surface area contributed by atoms with Crippen molar-refractivity contribution in [1.29, 1.82) is 0 Å². The second-order valence-electron chi connectivity index (χ2n) is 6.23. The Morgan fingerprint density at radius 3 is 2.33 bits per heavy atom. The molecular weight excluding hydrogens is 298 g/mol. The van der Waals surface area contributed by atoms with Crippen molar-refractivity contribution in [3.63, 3.8) is 0 Å². The molecule has 0 bridgehead atoms. The highest BCUT2D eigenvalue weighted by Crippen LogP contribution is 2.28. The van der Waals surface area contributed by atoms with Crippen molar-refractivity contribution in [2.45, 2.75) is 39.2 Å². The Morgan fingerprint density at radius 2 is 1.67 bits per heavy atom. The number of para-hydroxylation sites is 1. The molecule has 0 saturated carbocycles. The molecule has 2 unspecified atom stereocenters. The van der Waals surface area contributed by atoms with Gasteiger partial charge >= 0.3 is 0 Å². The Hall–Kier alpha value is -2.29. The van der Waals surface area contributed by atoms with Crippen LogP contribution in [0.5, 0.6) is 5.75 Å². The van der Waals surface area contributed by atoms with Gasteiger partial charge in [-0.05, 0) is 36.5 Å². The van der Waals surface area contributed by atoms with Gasteiger partial charge in [0.2, 0.25) is 0 Å². The van der Waals surface area contributed by atoms with E-state index in [0.717, 1.165) is 23.3 Å². The van der Waals surface area contributed by atoms with Crippen LogP contribution in [0.3, 0.4) is 0 Å². The summed E-state index contributed by atoms with van der Waals surface area (Å²) in [5, 5.41) is 0. The molecule has 3 nitrogen and oxygen atoms in total. The van der Waals surface area contributed by atoms with E-state index in [4.69, 9.17) is 4.74 Å². The summed E-state index contributed by atoms with van der Waals surface area (Å²) >= 11 is 0. The average Bonchev–Trinajstić information content (AvgIpc) is 2.65. The van der Waals surface area contributed by atoms with Crippen LogP contribution in [-0.4, -0.2) is 24.5 Å². The molecule has 0 saturated heterocycles. The zero-order valence-corrected chi connectivity index (χ0v) is 15.0. The van der Waals surface area contributed by atoms with Crippen LogP contribution in [0.1, 0.15) is 50.3 Å². The molecule has 0 N–H and O–H groups in total. The Labute approximate surface area is 145 Å². The van der Waals surface area contributed by atoms with Gasteiger partial charge in [-0.1, -0.05) is 62.4 Å². The van der Waals surface area contributed by atoms with Crippen LogP contribution in [0.15, 0.2) is 54.6 Å². The number of carbonyl (C=O) groups is 1. The number of hydrogen-bond donors (Lipinski definition) is 0. The molecule has 0 aliphatic heterocycles. The van der Waals surface area contributed by atoms with Gasteiger partial charge in [-0.25, -0.2) is 0 Å². The maximum Gasteiger partial charge on any atom is 0.260 e. The summed E-state index contributed by atoms with van der Waals surface area (Å²) < 4.78 is 5.84. The van der Waals surface area contributed by atoms with Crippen molar-refractivity contribution in [1.82, 2.24) is 4.90 Å². The van der Waals surface area contributed by atoms with Gasteiger partial charge in [0.1, 0.15) is 5.75 Å². The van der Waals surface area contributed by atoms with Gasteiger partial charge in [-0.2, -0.15) is 0 Å². The van der Waals surface area contributed by atoms with Gasteiger partial charge in [0.05, 0.1) is 6.04 Å². The van der Waals surface area contributed by atoms with Crippen molar-refractivity contribution in [3.05, 3.63) is 65.7 Å². The van der Waals surface area contributed by atoms with Crippen molar-refractivity contribution in [2.24, 2.45) is 0 Å². The SMILES string of the molecule is CCC(C)c1ccccc1OCC(=O)N(C)C(C)c1ccccc1. The monoisotopic (exact) mass is 325 g/mol. The smallest absolute Gasteiger partial charge is 0.260 e. The lowest BCUT2D eigenvalue weighted by atomic mass is 9.98. The molecule has 0 aromatic heterocycles. The van der Waals surface area contributed by atoms with E-state index in [-0.39, 0.29) is 18.6 Å². The van der Waals surface area contributed by atoms with Gasteiger partial charge in [0.25, 0.3) is 5.91 Å². The number of ether oxygens (including phenoxy) is 1. The predicted molar refractivity (Wildman–Crippen MR) is 98.3 cm³/mol. The molecule has 0 heterocycles. The van der Waals surface area contributed by atoms with E-state index in [2.05, 4.69) is 19.9 Å². The van der Waals surface area contributed by atoms with E-state index in [1.54, 1.807) is 4.90 Å². The standard InChI is InChI=1S/C21H27NO2/c1-5-16(2)19-13-9-10-14-20(19)24-15-21(23)22(4)17(3)18-11-7-6-8-12-18/h6-14,16-17H,5,15H2,1-4H3. The second kappa shape index (κ2) is 8.53. The zero-order valence-electron chi connectivity index (χ0n) is 15.0. The van der Waals surface area contributed by atoms with Crippen molar-refractivity contribution in [2.75, 3.05) is 13.7 Å². The van der Waals surface area contributed by atoms with Crippen molar-refractivity contribution in [3.8, 4) is 5.75 Å². The lowest BCUT2D eigenvalue weighted by Gasteiger charge is -2.25. The molecule has 3 heteroatoms. The molecule has 24 heavy (non-hydrogen) atoms. The van der Waals surface area contributed by atoms with E-state index in [1.165, 1.54) is 0 Å². The van der Waals surface area contributed by atoms with Crippen molar-refractivity contribution >= 4 is 5.91 Å². The third-order valence-electron chi connectivity index (χ3n) is 4.67. The van der Waals surface area contributed by atoms with Gasteiger partial charge < -0.3 is 9.64 Å². The van der Waals surface area contributed by atoms with Crippen LogP contribution in [-0.2, 0) is 4.79 Å². The van der Waals surface area contributed by atoms with Crippen LogP contribution in [0.4, 0.5) is 0 Å². The highest BCUT2D eigenvalue weighted by molar-refractivity contribution is 5.78. The molecule has 128 valence electrons. The summed E-state index contributed by atoms with van der Waals surface area (Å²) in [5.41, 5.74) is 2.28. The Bertz CT molecular complexity index is 654. The Kier molecular flexibility index (Phi) is 6.42. The molecule has 2 atom stereocenters. The number of hydrogen-bond acceptors (Lipinski definition) is 2. The largest absolute Gasteiger partial charge is 0.483 e.